The minimum Gasteiger partial charge on any atom is -0.478 e. The van der Waals surface area contributed by atoms with Crippen LogP contribution in [-0.2, 0) is 4.79 Å². The second-order valence-corrected chi connectivity index (χ2v) is 5.01. The maximum absolute atomic E-state index is 11.6. The van der Waals surface area contributed by atoms with Crippen LogP contribution in [0.15, 0.2) is 36.4 Å². The van der Waals surface area contributed by atoms with E-state index in [1.165, 1.54) is 0 Å². The fourth-order valence-corrected chi connectivity index (χ4v) is 2.38. The lowest BCUT2D eigenvalue weighted by Crippen LogP contribution is -2.02. The van der Waals surface area contributed by atoms with Gasteiger partial charge in [-0.2, -0.15) is 0 Å². The first-order chi connectivity index (χ1) is 10.6. The number of rotatable bonds is 3. The van der Waals surface area contributed by atoms with E-state index in [0.717, 1.165) is 5.56 Å². The highest BCUT2D eigenvalue weighted by Crippen LogP contribution is 2.37. The summed E-state index contributed by atoms with van der Waals surface area (Å²) in [5.74, 6) is 0.128. The third-order valence-corrected chi connectivity index (χ3v) is 3.54. The Hall–Kier alpha value is -2.95. The summed E-state index contributed by atoms with van der Waals surface area (Å²) in [6, 6.07) is 10.7. The highest BCUT2D eigenvalue weighted by molar-refractivity contribution is 6.21. The molecule has 1 aliphatic rings. The van der Waals surface area contributed by atoms with Crippen LogP contribution in [0.25, 0.3) is 11.6 Å². The predicted molar refractivity (Wildman–Crippen MR) is 83.7 cm³/mol. The maximum Gasteiger partial charge on any atom is 0.336 e. The molecule has 0 aliphatic carbocycles. The molecule has 0 bridgehead atoms. The molecule has 0 fully saturated rings. The number of ether oxygens (including phenoxy) is 2. The Morgan fingerprint density at radius 2 is 1.91 bits per heavy atom. The molecule has 0 radical (unpaired) electrons. The van der Waals surface area contributed by atoms with Gasteiger partial charge < -0.3 is 20.3 Å². The van der Waals surface area contributed by atoms with E-state index in [1.807, 2.05) is 25.1 Å². The maximum atomic E-state index is 11.6. The van der Waals surface area contributed by atoms with Crippen molar-refractivity contribution in [3.8, 4) is 11.5 Å². The van der Waals surface area contributed by atoms with Crippen molar-refractivity contribution in [3.05, 3.63) is 53.1 Å². The molecular formula is C17H15NO4. The molecule has 0 saturated heterocycles. The molecule has 112 valence electrons. The van der Waals surface area contributed by atoms with Gasteiger partial charge in [-0.1, -0.05) is 24.3 Å². The highest BCUT2D eigenvalue weighted by atomic mass is 16.7. The lowest BCUT2D eigenvalue weighted by atomic mass is 9.98. The van der Waals surface area contributed by atoms with Crippen molar-refractivity contribution in [2.75, 3.05) is 12.5 Å². The van der Waals surface area contributed by atoms with Crippen LogP contribution in [0.1, 0.15) is 16.7 Å². The number of hydrogen-bond acceptors (Lipinski definition) is 4. The molecule has 0 saturated carbocycles. The number of nitrogen functional groups attached to an aromatic ring is 1. The summed E-state index contributed by atoms with van der Waals surface area (Å²) in [5, 5.41) is 9.53. The summed E-state index contributed by atoms with van der Waals surface area (Å²) in [5.41, 5.74) is 8.74. The molecule has 2 aromatic rings. The summed E-state index contributed by atoms with van der Waals surface area (Å²) in [7, 11) is 0. The van der Waals surface area contributed by atoms with Gasteiger partial charge in [0, 0.05) is 17.3 Å². The first kappa shape index (κ1) is 14.0. The van der Waals surface area contributed by atoms with Gasteiger partial charge >= 0.3 is 5.97 Å². The topological polar surface area (TPSA) is 81.8 Å². The zero-order chi connectivity index (χ0) is 15.7. The molecule has 5 nitrogen and oxygen atoms in total. The van der Waals surface area contributed by atoms with Gasteiger partial charge in [-0.3, -0.25) is 0 Å². The van der Waals surface area contributed by atoms with Crippen LogP contribution in [0.5, 0.6) is 11.5 Å². The number of benzene rings is 2. The lowest BCUT2D eigenvalue weighted by Gasteiger charge is -2.08. The van der Waals surface area contributed by atoms with Crippen molar-refractivity contribution in [2.45, 2.75) is 6.92 Å². The van der Waals surface area contributed by atoms with Crippen molar-refractivity contribution in [2.24, 2.45) is 0 Å². The summed E-state index contributed by atoms with van der Waals surface area (Å²) < 4.78 is 10.6. The van der Waals surface area contributed by atoms with Gasteiger partial charge in [0.05, 0.1) is 5.57 Å². The summed E-state index contributed by atoms with van der Waals surface area (Å²) in [4.78, 5) is 11.6. The van der Waals surface area contributed by atoms with Crippen LogP contribution >= 0.6 is 0 Å². The van der Waals surface area contributed by atoms with Gasteiger partial charge in [0.2, 0.25) is 6.79 Å². The Bertz CT molecular complexity index is 780. The molecule has 1 heterocycles. The molecular weight excluding hydrogens is 282 g/mol. The molecule has 2 aromatic carbocycles. The fourth-order valence-electron chi connectivity index (χ4n) is 2.38. The number of anilines is 1. The molecule has 3 N–H and O–H groups in total. The monoisotopic (exact) mass is 297 g/mol. The number of carboxylic acids is 1. The van der Waals surface area contributed by atoms with Gasteiger partial charge in [0.1, 0.15) is 0 Å². The molecule has 5 heteroatoms. The lowest BCUT2D eigenvalue weighted by molar-refractivity contribution is -0.130. The third-order valence-electron chi connectivity index (χ3n) is 3.54. The molecule has 0 amide bonds. The fraction of sp³-hybridized carbons (Fsp3) is 0.118. The van der Waals surface area contributed by atoms with Crippen LogP contribution < -0.4 is 15.2 Å². The average Bonchev–Trinajstić information content (AvgIpc) is 2.92. The Balaban J connectivity index is 2.12. The molecule has 22 heavy (non-hydrogen) atoms. The Labute approximate surface area is 127 Å². The Morgan fingerprint density at radius 1 is 1.23 bits per heavy atom. The van der Waals surface area contributed by atoms with Gasteiger partial charge in [-0.25, -0.2) is 4.79 Å². The van der Waals surface area contributed by atoms with Crippen molar-refractivity contribution in [1.82, 2.24) is 0 Å². The molecule has 0 unspecified atom stereocenters. The van der Waals surface area contributed by atoms with Gasteiger partial charge in [0.15, 0.2) is 11.5 Å². The summed E-state index contributed by atoms with van der Waals surface area (Å²) in [6.07, 6.45) is 1.56. The number of aliphatic carboxylic acids is 1. The minimum atomic E-state index is -1.01. The smallest absolute Gasteiger partial charge is 0.336 e. The SMILES string of the molecule is Cc1ccccc1C(=Cc1cc2c(cc1N)OCO2)C(=O)O. The average molecular weight is 297 g/mol. The van der Waals surface area contributed by atoms with E-state index in [4.69, 9.17) is 15.2 Å². The third kappa shape index (κ3) is 2.48. The standard InChI is InChI=1S/C17H15NO4/c1-10-4-2-3-5-12(10)13(17(19)20)6-11-7-15-16(8-14(11)18)22-9-21-15/h2-8H,9,18H2,1H3,(H,19,20). The van der Waals surface area contributed by atoms with Crippen LogP contribution in [-0.4, -0.2) is 17.9 Å². The van der Waals surface area contributed by atoms with Crippen LogP contribution in [0.3, 0.4) is 0 Å². The Morgan fingerprint density at radius 3 is 2.59 bits per heavy atom. The molecule has 0 aromatic heterocycles. The highest BCUT2D eigenvalue weighted by Gasteiger charge is 2.18. The van der Waals surface area contributed by atoms with E-state index in [0.29, 0.717) is 28.3 Å². The van der Waals surface area contributed by atoms with E-state index >= 15 is 0 Å². The van der Waals surface area contributed by atoms with Crippen LogP contribution in [0.2, 0.25) is 0 Å². The van der Waals surface area contributed by atoms with E-state index in [1.54, 1.807) is 24.3 Å². The Kier molecular flexibility index (Phi) is 3.47. The zero-order valence-electron chi connectivity index (χ0n) is 12.0. The van der Waals surface area contributed by atoms with Crippen LogP contribution in [0, 0.1) is 6.92 Å². The number of carboxylic acid groups (broad SMARTS) is 1. The van der Waals surface area contributed by atoms with Gasteiger partial charge in [-0.05, 0) is 30.2 Å². The molecule has 3 rings (SSSR count). The zero-order valence-corrected chi connectivity index (χ0v) is 12.0. The normalized spacial score (nSPS) is 13.2. The first-order valence-electron chi connectivity index (χ1n) is 6.76. The minimum absolute atomic E-state index is 0.144. The number of nitrogens with two attached hydrogens (primary N) is 1. The van der Waals surface area contributed by atoms with E-state index < -0.39 is 5.97 Å². The number of fused-ring (bicyclic) bond motifs is 1. The van der Waals surface area contributed by atoms with E-state index in [-0.39, 0.29) is 12.4 Å². The van der Waals surface area contributed by atoms with E-state index in [2.05, 4.69) is 0 Å². The van der Waals surface area contributed by atoms with Gasteiger partial charge in [0.25, 0.3) is 0 Å². The van der Waals surface area contributed by atoms with Crippen molar-refractivity contribution >= 4 is 23.3 Å². The number of aryl methyl sites for hydroxylation is 1. The predicted octanol–water partition coefficient (Wildman–Crippen LogP) is 2.93. The van der Waals surface area contributed by atoms with Crippen molar-refractivity contribution in [3.63, 3.8) is 0 Å². The molecule has 0 spiro atoms. The van der Waals surface area contributed by atoms with Crippen LogP contribution in [0.4, 0.5) is 5.69 Å². The molecule has 1 aliphatic heterocycles. The second kappa shape index (κ2) is 5.44. The summed E-state index contributed by atoms with van der Waals surface area (Å²) >= 11 is 0. The van der Waals surface area contributed by atoms with Crippen molar-refractivity contribution in [1.29, 1.82) is 0 Å². The summed E-state index contributed by atoms with van der Waals surface area (Å²) in [6.45, 7) is 2.01. The first-order valence-corrected chi connectivity index (χ1v) is 6.76. The number of carbonyl (C=O) groups is 1. The largest absolute Gasteiger partial charge is 0.478 e. The quantitative estimate of drug-likeness (QED) is 0.517. The van der Waals surface area contributed by atoms with Gasteiger partial charge in [-0.15, -0.1) is 0 Å². The second-order valence-electron chi connectivity index (χ2n) is 5.01. The van der Waals surface area contributed by atoms with E-state index in [9.17, 15) is 9.90 Å². The van der Waals surface area contributed by atoms with Crippen molar-refractivity contribution < 1.29 is 19.4 Å². The number of hydrogen-bond donors (Lipinski definition) is 2. The molecule has 0 atom stereocenters.